The van der Waals surface area contributed by atoms with Crippen molar-refractivity contribution < 1.29 is 4.79 Å². The quantitative estimate of drug-likeness (QED) is 0.604. The number of carbonyl (C=O) groups excluding carboxylic acids is 1. The molecule has 0 radical (unpaired) electrons. The Morgan fingerprint density at radius 3 is 2.77 bits per heavy atom. The lowest BCUT2D eigenvalue weighted by atomic mass is 9.98. The van der Waals surface area contributed by atoms with Gasteiger partial charge in [0.15, 0.2) is 0 Å². The monoisotopic (exact) mass is 400 g/mol. The Hall–Kier alpha value is -1.60. The molecule has 1 aliphatic rings. The molecular formula is C20H20N2OS3. The average molecular weight is 401 g/mol. The van der Waals surface area contributed by atoms with Gasteiger partial charge in [-0.2, -0.15) is 0 Å². The molecule has 0 fully saturated rings. The van der Waals surface area contributed by atoms with E-state index in [1.807, 2.05) is 41.9 Å². The van der Waals surface area contributed by atoms with Crippen molar-refractivity contribution >= 4 is 46.0 Å². The van der Waals surface area contributed by atoms with Crippen LogP contribution in [-0.2, 0) is 11.2 Å². The molecule has 1 atom stereocenters. The molecule has 1 amide bonds. The highest BCUT2D eigenvalue weighted by Crippen LogP contribution is 2.39. The zero-order chi connectivity index (χ0) is 17.9. The molecule has 1 N–H and O–H groups in total. The van der Waals surface area contributed by atoms with Crippen molar-refractivity contribution in [3.05, 3.63) is 68.5 Å². The molecule has 1 aliphatic heterocycles. The molecule has 6 heteroatoms. The molecule has 0 saturated carbocycles. The number of nitrogens with one attached hydrogen (secondary N) is 1. The van der Waals surface area contributed by atoms with Crippen LogP contribution in [0.25, 0.3) is 0 Å². The zero-order valence-corrected chi connectivity index (χ0v) is 16.9. The van der Waals surface area contributed by atoms with Gasteiger partial charge in [0.25, 0.3) is 0 Å². The Kier molecular flexibility index (Phi) is 5.45. The third kappa shape index (κ3) is 3.74. The fraction of sp³-hybridized carbons (Fsp3) is 0.250. The maximum atomic E-state index is 12.6. The predicted octanol–water partition coefficient (Wildman–Crippen LogP) is 5.12. The summed E-state index contributed by atoms with van der Waals surface area (Å²) in [5.74, 6) is 0.0436. The van der Waals surface area contributed by atoms with E-state index in [1.54, 1.807) is 23.1 Å². The van der Waals surface area contributed by atoms with Gasteiger partial charge in [-0.25, -0.2) is 0 Å². The van der Waals surface area contributed by atoms with Crippen LogP contribution in [0.3, 0.4) is 0 Å². The molecule has 3 nitrogen and oxygen atoms in total. The Balaban J connectivity index is 1.50. The van der Waals surface area contributed by atoms with E-state index in [4.69, 9.17) is 0 Å². The Bertz CT molecular complexity index is 871. The maximum Gasteiger partial charge on any atom is 0.238 e. The minimum absolute atomic E-state index is 0.0436. The predicted molar refractivity (Wildman–Crippen MR) is 113 cm³/mol. The third-order valence-electron chi connectivity index (χ3n) is 4.60. The molecule has 2 aromatic heterocycles. The second-order valence-electron chi connectivity index (χ2n) is 6.21. The summed E-state index contributed by atoms with van der Waals surface area (Å²) in [5.41, 5.74) is 2.22. The highest BCUT2D eigenvalue weighted by Gasteiger charge is 2.31. The van der Waals surface area contributed by atoms with Crippen LogP contribution in [0.5, 0.6) is 0 Å². The van der Waals surface area contributed by atoms with Gasteiger partial charge in [0.1, 0.15) is 0 Å². The van der Waals surface area contributed by atoms with Crippen LogP contribution in [0, 0.1) is 0 Å². The maximum absolute atomic E-state index is 12.6. The number of fused-ring (bicyclic) bond motifs is 1. The molecule has 0 aliphatic carbocycles. The number of nitrogens with zero attached hydrogens (tertiary/aromatic N) is 1. The summed E-state index contributed by atoms with van der Waals surface area (Å²) in [4.78, 5) is 18.9. The molecule has 134 valence electrons. The zero-order valence-electron chi connectivity index (χ0n) is 14.5. The topological polar surface area (TPSA) is 32.3 Å². The fourth-order valence-electron chi connectivity index (χ4n) is 3.38. The van der Waals surface area contributed by atoms with Crippen molar-refractivity contribution in [2.75, 3.05) is 24.7 Å². The van der Waals surface area contributed by atoms with Gasteiger partial charge in [0.05, 0.1) is 12.6 Å². The number of thioether (sulfide) groups is 1. The largest absolute Gasteiger partial charge is 0.325 e. The number of anilines is 1. The van der Waals surface area contributed by atoms with Crippen LogP contribution in [0.1, 0.15) is 21.4 Å². The number of hydrogen-bond acceptors (Lipinski definition) is 5. The number of hydrogen-bond donors (Lipinski definition) is 1. The van der Waals surface area contributed by atoms with Crippen molar-refractivity contribution in [2.45, 2.75) is 17.4 Å². The molecule has 3 aromatic rings. The van der Waals surface area contributed by atoms with E-state index < -0.39 is 0 Å². The van der Waals surface area contributed by atoms with Crippen LogP contribution in [-0.4, -0.2) is 30.2 Å². The lowest BCUT2D eigenvalue weighted by Crippen LogP contribution is -2.40. The molecule has 3 heterocycles. The van der Waals surface area contributed by atoms with E-state index in [9.17, 15) is 4.79 Å². The second kappa shape index (κ2) is 7.96. The van der Waals surface area contributed by atoms with E-state index >= 15 is 0 Å². The fourth-order valence-corrected chi connectivity index (χ4v) is 5.57. The summed E-state index contributed by atoms with van der Waals surface area (Å²) in [5, 5.41) is 7.32. The highest BCUT2D eigenvalue weighted by atomic mass is 32.2. The van der Waals surface area contributed by atoms with Gasteiger partial charge in [-0.3, -0.25) is 9.69 Å². The summed E-state index contributed by atoms with van der Waals surface area (Å²) in [6, 6.07) is 14.7. The van der Waals surface area contributed by atoms with Gasteiger partial charge < -0.3 is 5.32 Å². The number of rotatable bonds is 5. The summed E-state index contributed by atoms with van der Waals surface area (Å²) in [7, 11) is 0. The van der Waals surface area contributed by atoms with Crippen molar-refractivity contribution in [2.24, 2.45) is 0 Å². The van der Waals surface area contributed by atoms with Crippen molar-refractivity contribution in [1.82, 2.24) is 4.90 Å². The highest BCUT2D eigenvalue weighted by molar-refractivity contribution is 7.98. The SMILES string of the molecule is CSc1ccc(NC(=O)CN2CCc3sccc3C2c2cccs2)cc1. The number of thiophene rings is 2. The first-order valence-electron chi connectivity index (χ1n) is 8.52. The van der Waals surface area contributed by atoms with Crippen LogP contribution in [0.15, 0.2) is 58.1 Å². The molecule has 0 spiro atoms. The minimum Gasteiger partial charge on any atom is -0.325 e. The molecule has 1 unspecified atom stereocenters. The Labute approximate surface area is 166 Å². The number of benzene rings is 1. The third-order valence-corrected chi connectivity index (χ3v) is 7.26. The Morgan fingerprint density at radius 1 is 1.19 bits per heavy atom. The van der Waals surface area contributed by atoms with Crippen LogP contribution in [0.4, 0.5) is 5.69 Å². The summed E-state index contributed by atoms with van der Waals surface area (Å²) in [6.45, 7) is 1.32. The molecular weight excluding hydrogens is 380 g/mol. The van der Waals surface area contributed by atoms with Gasteiger partial charge in [0.2, 0.25) is 5.91 Å². The lowest BCUT2D eigenvalue weighted by molar-refractivity contribution is -0.117. The van der Waals surface area contributed by atoms with Crippen molar-refractivity contribution in [3.8, 4) is 0 Å². The van der Waals surface area contributed by atoms with Gasteiger partial charge in [-0.1, -0.05) is 6.07 Å². The van der Waals surface area contributed by atoms with Gasteiger partial charge in [-0.05, 0) is 65.4 Å². The standard InChI is InChI=1S/C20H20N2OS3/c1-24-15-6-4-14(5-7-15)21-19(23)13-22-10-8-17-16(9-12-26-17)20(22)18-3-2-11-25-18/h2-7,9,11-12,20H,8,10,13H2,1H3,(H,21,23). The van der Waals surface area contributed by atoms with E-state index in [2.05, 4.69) is 39.2 Å². The summed E-state index contributed by atoms with van der Waals surface area (Å²) >= 11 is 5.29. The smallest absolute Gasteiger partial charge is 0.238 e. The van der Waals surface area contributed by atoms with E-state index in [0.717, 1.165) is 18.7 Å². The summed E-state index contributed by atoms with van der Waals surface area (Å²) in [6.07, 6.45) is 3.07. The number of amides is 1. The molecule has 0 bridgehead atoms. The van der Waals surface area contributed by atoms with Crippen LogP contribution < -0.4 is 5.32 Å². The van der Waals surface area contributed by atoms with Crippen molar-refractivity contribution in [3.63, 3.8) is 0 Å². The summed E-state index contributed by atoms with van der Waals surface area (Å²) < 4.78 is 0. The molecule has 1 aromatic carbocycles. The van der Waals surface area contributed by atoms with E-state index in [1.165, 1.54) is 20.2 Å². The number of carbonyl (C=O) groups is 1. The lowest BCUT2D eigenvalue weighted by Gasteiger charge is -2.34. The van der Waals surface area contributed by atoms with Crippen LogP contribution >= 0.6 is 34.4 Å². The van der Waals surface area contributed by atoms with Crippen LogP contribution in [0.2, 0.25) is 0 Å². The Morgan fingerprint density at radius 2 is 2.04 bits per heavy atom. The average Bonchev–Trinajstić information content (AvgIpc) is 3.34. The normalized spacial score (nSPS) is 17.0. The second-order valence-corrected chi connectivity index (χ2v) is 9.07. The first-order valence-corrected chi connectivity index (χ1v) is 11.5. The molecule has 4 rings (SSSR count). The first-order chi connectivity index (χ1) is 12.7. The van der Waals surface area contributed by atoms with Gasteiger partial charge in [0, 0.05) is 26.9 Å². The van der Waals surface area contributed by atoms with E-state index in [-0.39, 0.29) is 11.9 Å². The van der Waals surface area contributed by atoms with E-state index in [0.29, 0.717) is 6.54 Å². The molecule has 0 saturated heterocycles. The van der Waals surface area contributed by atoms with Gasteiger partial charge in [-0.15, -0.1) is 34.4 Å². The van der Waals surface area contributed by atoms with Crippen molar-refractivity contribution in [1.29, 1.82) is 0 Å². The van der Waals surface area contributed by atoms with Gasteiger partial charge >= 0.3 is 0 Å². The first kappa shape index (κ1) is 17.8. The molecule has 26 heavy (non-hydrogen) atoms. The minimum atomic E-state index is 0.0436.